The van der Waals surface area contributed by atoms with Crippen LogP contribution >= 0.6 is 0 Å². The number of fused-ring (bicyclic) bond motifs is 1. The number of ether oxygens (including phenoxy) is 2. The number of hydrogen-bond acceptors (Lipinski definition) is 3. The Labute approximate surface area is 139 Å². The molecule has 0 aromatic heterocycles. The third kappa shape index (κ3) is 3.36. The second-order valence-electron chi connectivity index (χ2n) is 7.97. The molecule has 0 bridgehead atoms. The van der Waals surface area contributed by atoms with Crippen LogP contribution in [0.3, 0.4) is 0 Å². The number of rotatable bonds is 4. The molecule has 5 nitrogen and oxygen atoms in total. The van der Waals surface area contributed by atoms with Gasteiger partial charge in [0.2, 0.25) is 0 Å². The van der Waals surface area contributed by atoms with Crippen molar-refractivity contribution in [1.29, 1.82) is 0 Å². The Hall–Kier alpha value is -0.810. The van der Waals surface area contributed by atoms with Gasteiger partial charge in [-0.15, -0.1) is 0 Å². The van der Waals surface area contributed by atoms with Gasteiger partial charge in [-0.3, -0.25) is 0 Å². The summed E-state index contributed by atoms with van der Waals surface area (Å²) < 4.78 is 12.2. The Kier molecular flexibility index (Phi) is 4.50. The predicted molar refractivity (Wildman–Crippen MR) is 87.3 cm³/mol. The van der Waals surface area contributed by atoms with Gasteiger partial charge in [0.25, 0.3) is 0 Å². The molecule has 0 N–H and O–H groups in total. The summed E-state index contributed by atoms with van der Waals surface area (Å²) in [7, 11) is 0. The Balaban J connectivity index is 1.41. The summed E-state index contributed by atoms with van der Waals surface area (Å²) in [4.78, 5) is 16.9. The molecule has 4 rings (SSSR count). The molecular weight excluding hydrogens is 292 g/mol. The summed E-state index contributed by atoms with van der Waals surface area (Å²) in [6, 6.07) is 0.244. The van der Waals surface area contributed by atoms with Crippen molar-refractivity contribution in [2.45, 2.75) is 51.0 Å². The average molecular weight is 322 g/mol. The highest BCUT2D eigenvalue weighted by atomic mass is 16.5. The molecule has 1 saturated carbocycles. The molecular formula is C18H30N2O3. The maximum atomic E-state index is 12.8. The summed E-state index contributed by atoms with van der Waals surface area (Å²) >= 11 is 0. The molecule has 130 valence electrons. The molecule has 23 heavy (non-hydrogen) atoms. The molecule has 0 unspecified atom stereocenters. The zero-order valence-corrected chi connectivity index (χ0v) is 14.2. The Morgan fingerprint density at radius 3 is 2.70 bits per heavy atom. The number of nitrogens with zero attached hydrogens (tertiary/aromatic N) is 2. The predicted octanol–water partition coefficient (Wildman–Crippen LogP) is 2.50. The summed E-state index contributed by atoms with van der Waals surface area (Å²) in [5.41, 5.74) is 0.0285. The molecule has 0 radical (unpaired) electrons. The molecule has 1 aliphatic carbocycles. The van der Waals surface area contributed by atoms with Crippen molar-refractivity contribution in [2.24, 2.45) is 11.3 Å². The molecule has 5 heteroatoms. The molecule has 3 heterocycles. The van der Waals surface area contributed by atoms with E-state index in [-0.39, 0.29) is 17.6 Å². The monoisotopic (exact) mass is 322 g/mol. The first-order valence-electron chi connectivity index (χ1n) is 9.50. The highest BCUT2D eigenvalue weighted by Crippen LogP contribution is 2.41. The molecule has 2 atom stereocenters. The smallest absolute Gasteiger partial charge is 0.320 e. The van der Waals surface area contributed by atoms with Gasteiger partial charge in [0.15, 0.2) is 0 Å². The van der Waals surface area contributed by atoms with Crippen molar-refractivity contribution >= 4 is 6.03 Å². The Bertz CT molecular complexity index is 434. The number of piperidine rings is 1. The first kappa shape index (κ1) is 15.7. The van der Waals surface area contributed by atoms with Crippen LogP contribution in [0.1, 0.15) is 44.9 Å². The standard InChI is InChI=1S/C18H30N2O3/c21-17(19-8-1-2-9-19)20-10-6-16-18(13-20,7-3-11-23-16)14-22-12-15-4-5-15/h15-16H,1-14H2/t16-,18+/m1/s1. The number of hydrogen-bond donors (Lipinski definition) is 0. The van der Waals surface area contributed by atoms with Gasteiger partial charge < -0.3 is 19.3 Å². The van der Waals surface area contributed by atoms with E-state index < -0.39 is 0 Å². The molecule has 0 aromatic rings. The maximum absolute atomic E-state index is 12.8. The van der Waals surface area contributed by atoms with Gasteiger partial charge >= 0.3 is 6.03 Å². The number of carbonyl (C=O) groups is 1. The Morgan fingerprint density at radius 2 is 1.91 bits per heavy atom. The Morgan fingerprint density at radius 1 is 1.09 bits per heavy atom. The minimum atomic E-state index is 0.0285. The number of likely N-dealkylation sites (tertiary alicyclic amines) is 2. The fraction of sp³-hybridized carbons (Fsp3) is 0.944. The average Bonchev–Trinajstić information content (AvgIpc) is 3.24. The first-order valence-corrected chi connectivity index (χ1v) is 9.50. The van der Waals surface area contributed by atoms with Crippen LogP contribution in [0.2, 0.25) is 0 Å². The van der Waals surface area contributed by atoms with E-state index in [1.54, 1.807) is 0 Å². The van der Waals surface area contributed by atoms with Gasteiger partial charge in [0, 0.05) is 44.8 Å². The van der Waals surface area contributed by atoms with Crippen LogP contribution in [0, 0.1) is 11.3 Å². The van der Waals surface area contributed by atoms with Crippen molar-refractivity contribution in [3.8, 4) is 0 Å². The van der Waals surface area contributed by atoms with Gasteiger partial charge in [-0.2, -0.15) is 0 Å². The van der Waals surface area contributed by atoms with E-state index >= 15 is 0 Å². The van der Waals surface area contributed by atoms with Crippen LogP contribution in [0.25, 0.3) is 0 Å². The summed E-state index contributed by atoms with van der Waals surface area (Å²) in [6.07, 6.45) is 8.42. The lowest BCUT2D eigenvalue weighted by atomic mass is 9.73. The minimum absolute atomic E-state index is 0.0285. The lowest BCUT2D eigenvalue weighted by Crippen LogP contribution is -2.59. The second kappa shape index (κ2) is 6.60. The third-order valence-electron chi connectivity index (χ3n) is 6.08. The van der Waals surface area contributed by atoms with Crippen molar-refractivity contribution < 1.29 is 14.3 Å². The van der Waals surface area contributed by atoms with Gasteiger partial charge in [-0.1, -0.05) is 0 Å². The normalized spacial score (nSPS) is 34.5. The van der Waals surface area contributed by atoms with E-state index in [0.29, 0.717) is 0 Å². The number of urea groups is 1. The van der Waals surface area contributed by atoms with Gasteiger partial charge in [0.1, 0.15) is 0 Å². The van der Waals surface area contributed by atoms with Crippen LogP contribution in [0.5, 0.6) is 0 Å². The minimum Gasteiger partial charge on any atom is -0.380 e. The summed E-state index contributed by atoms with van der Waals surface area (Å²) in [5, 5.41) is 0. The second-order valence-corrected chi connectivity index (χ2v) is 7.97. The fourth-order valence-electron chi connectivity index (χ4n) is 4.49. The van der Waals surface area contributed by atoms with Crippen molar-refractivity contribution in [2.75, 3.05) is 46.0 Å². The van der Waals surface area contributed by atoms with Crippen LogP contribution in [0.4, 0.5) is 4.79 Å². The van der Waals surface area contributed by atoms with Crippen LogP contribution in [-0.4, -0.2) is 67.9 Å². The zero-order chi connectivity index (χ0) is 15.7. The van der Waals surface area contributed by atoms with Crippen molar-refractivity contribution in [3.05, 3.63) is 0 Å². The van der Waals surface area contributed by atoms with Crippen LogP contribution < -0.4 is 0 Å². The highest BCUT2D eigenvalue weighted by Gasteiger charge is 2.48. The van der Waals surface area contributed by atoms with E-state index in [2.05, 4.69) is 4.90 Å². The van der Waals surface area contributed by atoms with E-state index in [1.165, 1.54) is 12.8 Å². The zero-order valence-electron chi connectivity index (χ0n) is 14.2. The van der Waals surface area contributed by atoms with Crippen LogP contribution in [-0.2, 0) is 9.47 Å². The van der Waals surface area contributed by atoms with E-state index in [1.807, 2.05) is 4.90 Å². The maximum Gasteiger partial charge on any atom is 0.320 e. The topological polar surface area (TPSA) is 42.0 Å². The lowest BCUT2D eigenvalue weighted by Gasteiger charge is -2.50. The SMILES string of the molecule is O=C(N1CCCC1)N1CC[C@H]2OCCC[C@@]2(COCC2CC2)C1. The summed E-state index contributed by atoms with van der Waals surface area (Å²) in [5.74, 6) is 0.792. The molecule has 3 aliphatic heterocycles. The molecule has 3 saturated heterocycles. The van der Waals surface area contributed by atoms with E-state index in [4.69, 9.17) is 9.47 Å². The third-order valence-corrected chi connectivity index (χ3v) is 6.08. The fourth-order valence-corrected chi connectivity index (χ4v) is 4.49. The molecule has 2 amide bonds. The van der Waals surface area contributed by atoms with Crippen molar-refractivity contribution in [1.82, 2.24) is 9.80 Å². The highest BCUT2D eigenvalue weighted by molar-refractivity contribution is 5.75. The van der Waals surface area contributed by atoms with Gasteiger partial charge in [-0.25, -0.2) is 4.79 Å². The first-order chi connectivity index (χ1) is 11.3. The van der Waals surface area contributed by atoms with Crippen LogP contribution in [0.15, 0.2) is 0 Å². The van der Waals surface area contributed by atoms with Gasteiger partial charge in [-0.05, 0) is 50.9 Å². The van der Waals surface area contributed by atoms with E-state index in [0.717, 1.165) is 84.0 Å². The molecule has 0 aromatic carbocycles. The summed E-state index contributed by atoms with van der Waals surface area (Å²) in [6.45, 7) is 6.05. The lowest BCUT2D eigenvalue weighted by molar-refractivity contribution is -0.147. The molecule has 0 spiro atoms. The number of carbonyl (C=O) groups excluding carboxylic acids is 1. The largest absolute Gasteiger partial charge is 0.380 e. The van der Waals surface area contributed by atoms with E-state index in [9.17, 15) is 4.79 Å². The quantitative estimate of drug-likeness (QED) is 0.798. The molecule has 4 fully saturated rings. The van der Waals surface area contributed by atoms with Gasteiger partial charge in [0.05, 0.1) is 12.7 Å². The van der Waals surface area contributed by atoms with Crippen molar-refractivity contribution in [3.63, 3.8) is 0 Å². The molecule has 4 aliphatic rings. The number of amides is 2.